The first kappa shape index (κ1) is 12.2. The van der Waals surface area contributed by atoms with E-state index in [1.54, 1.807) is 24.3 Å². The van der Waals surface area contributed by atoms with Crippen LogP contribution in [-0.4, -0.2) is 5.91 Å². The van der Waals surface area contributed by atoms with Gasteiger partial charge >= 0.3 is 0 Å². The summed E-state index contributed by atoms with van der Waals surface area (Å²) in [4.78, 5) is 12.2. The van der Waals surface area contributed by atoms with E-state index in [1.165, 1.54) is 17.5 Å². The quantitative estimate of drug-likeness (QED) is 0.876. The molecule has 0 aliphatic heterocycles. The molecule has 0 spiro atoms. The summed E-state index contributed by atoms with van der Waals surface area (Å²) in [7, 11) is 0. The number of fused-ring (bicyclic) bond motifs is 1. The smallest absolute Gasteiger partial charge is 0.255 e. The summed E-state index contributed by atoms with van der Waals surface area (Å²) in [6.45, 7) is 0. The largest absolute Gasteiger partial charge is 0.322 e. The Morgan fingerprint density at radius 1 is 1.00 bits per heavy atom. The van der Waals surface area contributed by atoms with Gasteiger partial charge in [0.25, 0.3) is 5.91 Å². The molecule has 0 radical (unpaired) electrons. The molecule has 0 heterocycles. The summed E-state index contributed by atoms with van der Waals surface area (Å²) >= 11 is 5.82. The number of anilines is 1. The molecule has 0 saturated heterocycles. The summed E-state index contributed by atoms with van der Waals surface area (Å²) in [6.07, 6.45) is 3.41. The number of rotatable bonds is 2. The predicted molar refractivity (Wildman–Crippen MR) is 77.9 cm³/mol. The van der Waals surface area contributed by atoms with Crippen molar-refractivity contribution in [3.8, 4) is 0 Å². The van der Waals surface area contributed by atoms with Crippen molar-refractivity contribution in [1.82, 2.24) is 0 Å². The SMILES string of the molecule is O=C(Nc1ccc(Cl)cc1)c1ccc2c(c1)CCC2. The van der Waals surface area contributed by atoms with E-state index in [2.05, 4.69) is 11.4 Å². The molecule has 0 atom stereocenters. The Morgan fingerprint density at radius 2 is 1.74 bits per heavy atom. The van der Waals surface area contributed by atoms with E-state index in [9.17, 15) is 4.79 Å². The molecule has 0 bridgehead atoms. The number of amides is 1. The zero-order valence-corrected chi connectivity index (χ0v) is 11.2. The lowest BCUT2D eigenvalue weighted by Crippen LogP contribution is -2.12. The van der Waals surface area contributed by atoms with E-state index in [1.807, 2.05) is 12.1 Å². The van der Waals surface area contributed by atoms with Gasteiger partial charge in [-0.3, -0.25) is 4.79 Å². The number of halogens is 1. The Balaban J connectivity index is 1.78. The molecule has 19 heavy (non-hydrogen) atoms. The lowest BCUT2D eigenvalue weighted by atomic mass is 10.1. The van der Waals surface area contributed by atoms with Gasteiger partial charge in [-0.2, -0.15) is 0 Å². The number of nitrogens with one attached hydrogen (secondary N) is 1. The molecule has 0 saturated carbocycles. The van der Waals surface area contributed by atoms with E-state index < -0.39 is 0 Å². The molecular formula is C16H14ClNO. The van der Waals surface area contributed by atoms with Crippen molar-refractivity contribution in [2.24, 2.45) is 0 Å². The molecular weight excluding hydrogens is 258 g/mol. The zero-order chi connectivity index (χ0) is 13.2. The van der Waals surface area contributed by atoms with Crippen molar-refractivity contribution < 1.29 is 4.79 Å². The van der Waals surface area contributed by atoms with Gasteiger partial charge in [0.15, 0.2) is 0 Å². The first-order chi connectivity index (χ1) is 9.22. The molecule has 0 aromatic heterocycles. The Hall–Kier alpha value is -1.80. The van der Waals surface area contributed by atoms with E-state index in [0.717, 1.165) is 24.1 Å². The summed E-state index contributed by atoms with van der Waals surface area (Å²) in [5.41, 5.74) is 4.16. The van der Waals surface area contributed by atoms with Crippen LogP contribution in [0.3, 0.4) is 0 Å². The highest BCUT2D eigenvalue weighted by Gasteiger charge is 2.13. The van der Waals surface area contributed by atoms with Gasteiger partial charge in [0, 0.05) is 16.3 Å². The number of benzene rings is 2. The maximum absolute atomic E-state index is 12.2. The monoisotopic (exact) mass is 271 g/mol. The van der Waals surface area contributed by atoms with Gasteiger partial charge in [-0.1, -0.05) is 17.7 Å². The van der Waals surface area contributed by atoms with Crippen LogP contribution >= 0.6 is 11.6 Å². The number of carbonyl (C=O) groups excluding carboxylic acids is 1. The van der Waals surface area contributed by atoms with Crippen molar-refractivity contribution in [3.63, 3.8) is 0 Å². The molecule has 2 aromatic rings. The lowest BCUT2D eigenvalue weighted by molar-refractivity contribution is 0.102. The molecule has 2 aromatic carbocycles. The van der Waals surface area contributed by atoms with Gasteiger partial charge in [0.1, 0.15) is 0 Å². The Morgan fingerprint density at radius 3 is 2.53 bits per heavy atom. The minimum absolute atomic E-state index is 0.0722. The summed E-state index contributed by atoms with van der Waals surface area (Å²) in [5.74, 6) is -0.0722. The van der Waals surface area contributed by atoms with Crippen LogP contribution in [0.5, 0.6) is 0 Å². The maximum atomic E-state index is 12.2. The second-order valence-corrected chi connectivity index (χ2v) is 5.23. The number of carbonyl (C=O) groups is 1. The first-order valence-corrected chi connectivity index (χ1v) is 6.79. The van der Waals surface area contributed by atoms with Crippen LogP contribution < -0.4 is 5.32 Å². The van der Waals surface area contributed by atoms with Gasteiger partial charge in [0.2, 0.25) is 0 Å². The fraction of sp³-hybridized carbons (Fsp3) is 0.188. The Kier molecular flexibility index (Phi) is 3.26. The van der Waals surface area contributed by atoms with Gasteiger partial charge < -0.3 is 5.32 Å². The summed E-state index contributed by atoms with van der Waals surface area (Å²) in [6, 6.07) is 13.1. The van der Waals surface area contributed by atoms with Crippen molar-refractivity contribution in [1.29, 1.82) is 0 Å². The van der Waals surface area contributed by atoms with Crippen molar-refractivity contribution >= 4 is 23.2 Å². The number of hydrogen-bond acceptors (Lipinski definition) is 1. The highest BCUT2D eigenvalue weighted by atomic mass is 35.5. The van der Waals surface area contributed by atoms with Crippen molar-refractivity contribution in [2.45, 2.75) is 19.3 Å². The minimum atomic E-state index is -0.0722. The highest BCUT2D eigenvalue weighted by molar-refractivity contribution is 6.30. The molecule has 1 amide bonds. The number of aryl methyl sites for hydroxylation is 2. The van der Waals surface area contributed by atoms with Gasteiger partial charge in [-0.25, -0.2) is 0 Å². The Labute approximate surface area is 117 Å². The molecule has 0 fully saturated rings. The van der Waals surface area contributed by atoms with Crippen molar-refractivity contribution in [3.05, 3.63) is 64.2 Å². The highest BCUT2D eigenvalue weighted by Crippen LogP contribution is 2.23. The normalized spacial score (nSPS) is 13.1. The summed E-state index contributed by atoms with van der Waals surface area (Å²) < 4.78 is 0. The van der Waals surface area contributed by atoms with Gasteiger partial charge in [-0.05, 0) is 66.8 Å². The predicted octanol–water partition coefficient (Wildman–Crippen LogP) is 4.08. The second kappa shape index (κ2) is 5.06. The third-order valence-electron chi connectivity index (χ3n) is 3.46. The molecule has 2 nitrogen and oxygen atoms in total. The van der Waals surface area contributed by atoms with Crippen LogP contribution in [0.2, 0.25) is 5.02 Å². The molecule has 1 aliphatic rings. The molecule has 1 aliphatic carbocycles. The average molecular weight is 272 g/mol. The third-order valence-corrected chi connectivity index (χ3v) is 3.71. The molecule has 1 N–H and O–H groups in total. The van der Waals surface area contributed by atoms with Gasteiger partial charge in [0.05, 0.1) is 0 Å². The minimum Gasteiger partial charge on any atom is -0.322 e. The van der Waals surface area contributed by atoms with Crippen molar-refractivity contribution in [2.75, 3.05) is 5.32 Å². The van der Waals surface area contributed by atoms with Crippen LogP contribution in [-0.2, 0) is 12.8 Å². The Bertz CT molecular complexity index is 619. The standard InChI is InChI=1S/C16H14ClNO/c17-14-6-8-15(9-7-14)18-16(19)13-5-4-11-2-1-3-12(11)10-13/h4-10H,1-3H2,(H,18,19). The maximum Gasteiger partial charge on any atom is 0.255 e. The molecule has 0 unspecified atom stereocenters. The van der Waals surface area contributed by atoms with E-state index in [4.69, 9.17) is 11.6 Å². The second-order valence-electron chi connectivity index (χ2n) is 4.80. The fourth-order valence-corrected chi connectivity index (χ4v) is 2.58. The van der Waals surface area contributed by atoms with Gasteiger partial charge in [-0.15, -0.1) is 0 Å². The zero-order valence-electron chi connectivity index (χ0n) is 10.4. The van der Waals surface area contributed by atoms with Crippen LogP contribution in [0, 0.1) is 0 Å². The van der Waals surface area contributed by atoms with Crippen LogP contribution in [0.1, 0.15) is 27.9 Å². The van der Waals surface area contributed by atoms with Crippen LogP contribution in [0.15, 0.2) is 42.5 Å². The van der Waals surface area contributed by atoms with Crippen LogP contribution in [0.25, 0.3) is 0 Å². The number of hydrogen-bond donors (Lipinski definition) is 1. The first-order valence-electron chi connectivity index (χ1n) is 6.41. The average Bonchev–Trinajstić information content (AvgIpc) is 2.88. The van der Waals surface area contributed by atoms with E-state index in [0.29, 0.717) is 5.02 Å². The van der Waals surface area contributed by atoms with E-state index >= 15 is 0 Å². The topological polar surface area (TPSA) is 29.1 Å². The fourth-order valence-electron chi connectivity index (χ4n) is 2.45. The molecule has 3 heteroatoms. The molecule has 96 valence electrons. The van der Waals surface area contributed by atoms with E-state index in [-0.39, 0.29) is 5.91 Å². The molecule has 3 rings (SSSR count). The summed E-state index contributed by atoms with van der Waals surface area (Å²) in [5, 5.41) is 3.54. The van der Waals surface area contributed by atoms with Crippen LogP contribution in [0.4, 0.5) is 5.69 Å². The third kappa shape index (κ3) is 2.64. The lowest BCUT2D eigenvalue weighted by Gasteiger charge is -2.07.